The quantitative estimate of drug-likeness (QED) is 0.780. The minimum absolute atomic E-state index is 0.202. The molecule has 0 unspecified atom stereocenters. The van der Waals surface area contributed by atoms with Crippen molar-refractivity contribution in [2.24, 2.45) is 0 Å². The van der Waals surface area contributed by atoms with Crippen LogP contribution in [0.15, 0.2) is 34.9 Å². The molecule has 0 saturated heterocycles. The van der Waals surface area contributed by atoms with Gasteiger partial charge in [0.25, 0.3) is 0 Å². The Morgan fingerprint density at radius 2 is 2.11 bits per heavy atom. The topological polar surface area (TPSA) is 39.4 Å². The molecule has 18 heavy (non-hydrogen) atoms. The second-order valence-corrected chi connectivity index (χ2v) is 3.78. The van der Waals surface area contributed by atoms with E-state index in [-0.39, 0.29) is 11.3 Å². The van der Waals surface area contributed by atoms with Crippen molar-refractivity contribution in [2.45, 2.75) is 13.3 Å². The number of ether oxygens (including phenoxy) is 1. The molecule has 0 fully saturated rings. The summed E-state index contributed by atoms with van der Waals surface area (Å²) < 4.78 is 23.5. The van der Waals surface area contributed by atoms with Crippen LogP contribution >= 0.6 is 0 Å². The van der Waals surface area contributed by atoms with E-state index in [0.717, 1.165) is 0 Å². The SMILES string of the molecule is CCc1occc1C(=O)c1cc(F)ccc1OC. The molecule has 0 bridgehead atoms. The number of rotatable bonds is 4. The van der Waals surface area contributed by atoms with Gasteiger partial charge in [0, 0.05) is 6.42 Å². The molecule has 0 aliphatic rings. The first-order valence-corrected chi connectivity index (χ1v) is 5.62. The minimum Gasteiger partial charge on any atom is -0.496 e. The van der Waals surface area contributed by atoms with E-state index in [9.17, 15) is 9.18 Å². The number of benzene rings is 1. The fourth-order valence-electron chi connectivity index (χ4n) is 1.82. The molecular formula is C14H13FO3. The summed E-state index contributed by atoms with van der Waals surface area (Å²) in [6.07, 6.45) is 2.06. The van der Waals surface area contributed by atoms with Crippen molar-refractivity contribution in [1.29, 1.82) is 0 Å². The largest absolute Gasteiger partial charge is 0.496 e. The second-order valence-electron chi connectivity index (χ2n) is 3.78. The molecule has 0 radical (unpaired) electrons. The number of furan rings is 1. The van der Waals surface area contributed by atoms with E-state index in [1.165, 1.54) is 31.6 Å². The van der Waals surface area contributed by atoms with Crippen molar-refractivity contribution in [2.75, 3.05) is 7.11 Å². The van der Waals surface area contributed by atoms with Gasteiger partial charge in [0.2, 0.25) is 0 Å². The molecular weight excluding hydrogens is 235 g/mol. The molecule has 1 aromatic carbocycles. The molecule has 0 saturated carbocycles. The Morgan fingerprint density at radius 3 is 2.78 bits per heavy atom. The predicted octanol–water partition coefficient (Wildman–Crippen LogP) is 3.22. The highest BCUT2D eigenvalue weighted by Crippen LogP contribution is 2.24. The molecule has 4 heteroatoms. The van der Waals surface area contributed by atoms with Gasteiger partial charge < -0.3 is 9.15 Å². The lowest BCUT2D eigenvalue weighted by atomic mass is 10.0. The molecule has 1 heterocycles. The van der Waals surface area contributed by atoms with Gasteiger partial charge in [0.1, 0.15) is 17.3 Å². The van der Waals surface area contributed by atoms with Crippen molar-refractivity contribution in [3.8, 4) is 5.75 Å². The smallest absolute Gasteiger partial charge is 0.200 e. The van der Waals surface area contributed by atoms with E-state index in [1.54, 1.807) is 6.07 Å². The van der Waals surface area contributed by atoms with Gasteiger partial charge >= 0.3 is 0 Å². The van der Waals surface area contributed by atoms with Gasteiger partial charge in [0.15, 0.2) is 5.78 Å². The number of halogens is 1. The summed E-state index contributed by atoms with van der Waals surface area (Å²) in [4.78, 5) is 12.3. The first-order chi connectivity index (χ1) is 8.67. The number of methoxy groups -OCH3 is 1. The maximum Gasteiger partial charge on any atom is 0.200 e. The Kier molecular flexibility index (Phi) is 3.46. The zero-order chi connectivity index (χ0) is 13.1. The van der Waals surface area contributed by atoms with Crippen LogP contribution in [-0.4, -0.2) is 12.9 Å². The molecule has 0 aliphatic carbocycles. The summed E-state index contributed by atoms with van der Waals surface area (Å²) in [6, 6.07) is 5.46. The van der Waals surface area contributed by atoms with Crippen LogP contribution in [0.25, 0.3) is 0 Å². The lowest BCUT2D eigenvalue weighted by molar-refractivity contribution is 0.103. The van der Waals surface area contributed by atoms with Gasteiger partial charge in [0.05, 0.1) is 24.5 Å². The molecule has 3 nitrogen and oxygen atoms in total. The average Bonchev–Trinajstić information content (AvgIpc) is 2.86. The Morgan fingerprint density at radius 1 is 1.33 bits per heavy atom. The van der Waals surface area contributed by atoms with Crippen LogP contribution in [0.4, 0.5) is 4.39 Å². The summed E-state index contributed by atoms with van der Waals surface area (Å²) >= 11 is 0. The molecule has 0 spiro atoms. The summed E-state index contributed by atoms with van der Waals surface area (Å²) in [6.45, 7) is 1.89. The third-order valence-electron chi connectivity index (χ3n) is 2.72. The fourth-order valence-corrected chi connectivity index (χ4v) is 1.82. The fraction of sp³-hybridized carbons (Fsp3) is 0.214. The van der Waals surface area contributed by atoms with Crippen molar-refractivity contribution in [1.82, 2.24) is 0 Å². The summed E-state index contributed by atoms with van der Waals surface area (Å²) in [7, 11) is 1.44. The third kappa shape index (κ3) is 2.14. The van der Waals surface area contributed by atoms with Crippen LogP contribution in [0.5, 0.6) is 5.75 Å². The van der Waals surface area contributed by atoms with Gasteiger partial charge in [-0.2, -0.15) is 0 Å². The van der Waals surface area contributed by atoms with E-state index < -0.39 is 5.82 Å². The zero-order valence-corrected chi connectivity index (χ0v) is 10.2. The van der Waals surface area contributed by atoms with Crippen LogP contribution in [-0.2, 0) is 6.42 Å². The van der Waals surface area contributed by atoms with E-state index >= 15 is 0 Å². The average molecular weight is 248 g/mol. The number of carbonyl (C=O) groups excluding carboxylic acids is 1. The van der Waals surface area contributed by atoms with Gasteiger partial charge in [-0.3, -0.25) is 4.79 Å². The van der Waals surface area contributed by atoms with Crippen LogP contribution in [0.2, 0.25) is 0 Å². The number of ketones is 1. The first-order valence-electron chi connectivity index (χ1n) is 5.62. The molecule has 94 valence electrons. The highest BCUT2D eigenvalue weighted by Gasteiger charge is 2.19. The number of hydrogen-bond acceptors (Lipinski definition) is 3. The van der Waals surface area contributed by atoms with Crippen LogP contribution < -0.4 is 4.74 Å². The van der Waals surface area contributed by atoms with Crippen LogP contribution in [0.3, 0.4) is 0 Å². The molecule has 0 N–H and O–H groups in total. The van der Waals surface area contributed by atoms with Gasteiger partial charge in [-0.1, -0.05) is 6.92 Å². The molecule has 0 aliphatic heterocycles. The summed E-state index contributed by atoms with van der Waals surface area (Å²) in [5, 5.41) is 0. The molecule has 2 aromatic rings. The van der Waals surface area contributed by atoms with E-state index in [2.05, 4.69) is 0 Å². The standard InChI is InChI=1S/C14H13FO3/c1-3-12-10(6-7-18-12)14(16)11-8-9(15)4-5-13(11)17-2/h4-8H,3H2,1-2H3. The van der Waals surface area contributed by atoms with Gasteiger partial charge in [-0.25, -0.2) is 4.39 Å². The molecule has 0 atom stereocenters. The normalized spacial score (nSPS) is 10.4. The molecule has 1 aromatic heterocycles. The van der Waals surface area contributed by atoms with Crippen molar-refractivity contribution >= 4 is 5.78 Å². The third-order valence-corrected chi connectivity index (χ3v) is 2.72. The first kappa shape index (κ1) is 12.4. The van der Waals surface area contributed by atoms with Crippen molar-refractivity contribution < 1.29 is 18.3 Å². The highest BCUT2D eigenvalue weighted by molar-refractivity contribution is 6.11. The molecule has 0 amide bonds. The zero-order valence-electron chi connectivity index (χ0n) is 10.2. The van der Waals surface area contributed by atoms with E-state index in [0.29, 0.717) is 23.5 Å². The predicted molar refractivity (Wildman–Crippen MR) is 64.5 cm³/mol. The van der Waals surface area contributed by atoms with Crippen molar-refractivity contribution in [3.63, 3.8) is 0 Å². The van der Waals surface area contributed by atoms with Crippen molar-refractivity contribution in [3.05, 3.63) is 53.2 Å². The minimum atomic E-state index is -0.472. The maximum absolute atomic E-state index is 13.2. The lowest BCUT2D eigenvalue weighted by Crippen LogP contribution is -2.05. The lowest BCUT2D eigenvalue weighted by Gasteiger charge is -2.07. The van der Waals surface area contributed by atoms with Gasteiger partial charge in [-0.15, -0.1) is 0 Å². The maximum atomic E-state index is 13.2. The van der Waals surface area contributed by atoms with E-state index in [4.69, 9.17) is 9.15 Å². The Bertz CT molecular complexity index is 572. The van der Waals surface area contributed by atoms with E-state index in [1.807, 2.05) is 6.92 Å². The Hall–Kier alpha value is -2.10. The number of carbonyl (C=O) groups is 1. The Balaban J connectivity index is 2.48. The second kappa shape index (κ2) is 5.04. The Labute approximate surface area is 104 Å². The van der Waals surface area contributed by atoms with Crippen LogP contribution in [0.1, 0.15) is 28.6 Å². The summed E-state index contributed by atoms with van der Waals surface area (Å²) in [5.74, 6) is 0.175. The number of hydrogen-bond donors (Lipinski definition) is 0. The summed E-state index contributed by atoms with van der Waals surface area (Å²) in [5.41, 5.74) is 0.648. The van der Waals surface area contributed by atoms with Gasteiger partial charge in [-0.05, 0) is 24.3 Å². The monoisotopic (exact) mass is 248 g/mol. The van der Waals surface area contributed by atoms with Crippen LogP contribution in [0, 0.1) is 5.82 Å². The number of aryl methyl sites for hydroxylation is 1. The molecule has 2 rings (SSSR count). The highest BCUT2D eigenvalue weighted by atomic mass is 19.1.